The molecule has 3 aliphatic rings. The van der Waals surface area contributed by atoms with E-state index in [1.165, 1.54) is 26.9 Å². The number of aryl methyl sites for hydroxylation is 1. The highest BCUT2D eigenvalue weighted by molar-refractivity contribution is 7.89. The fraction of sp³-hybridized carbons (Fsp3) is 0.462. The molecular weight excluding hydrogens is 466 g/mol. The maximum absolute atomic E-state index is 13.3. The van der Waals surface area contributed by atoms with Crippen LogP contribution in [-0.2, 0) is 26.0 Å². The van der Waals surface area contributed by atoms with E-state index in [0.717, 1.165) is 37.7 Å². The third-order valence-corrected chi connectivity index (χ3v) is 9.15. The van der Waals surface area contributed by atoms with Crippen LogP contribution < -0.4 is 15.0 Å². The summed E-state index contributed by atoms with van der Waals surface area (Å²) in [6, 6.07) is 12.5. The second-order valence-electron chi connectivity index (χ2n) is 9.70. The van der Waals surface area contributed by atoms with Gasteiger partial charge in [0, 0.05) is 13.1 Å². The summed E-state index contributed by atoms with van der Waals surface area (Å²) in [5.74, 6) is 0.233. The standard InChI is InChI=1S/C26H31N3O5S/c1-18-11-13-28(14-12-18)35(32,33)20-9-10-24-23(15-20)29(26(31)17-34-24)16-25(30)27-22-8-4-6-19-5-2-3-7-21(19)22/h2-3,5,7,9-10,15,18,22H,4,6,8,11-14,16-17H2,1H3,(H,27,30). The number of carbonyl (C=O) groups excluding carboxylic acids is 2. The summed E-state index contributed by atoms with van der Waals surface area (Å²) in [6.45, 7) is 2.69. The Kier molecular flexibility index (Phi) is 6.55. The largest absolute Gasteiger partial charge is 0.482 e. The van der Waals surface area contributed by atoms with Crippen LogP contribution in [-0.4, -0.2) is 50.8 Å². The van der Waals surface area contributed by atoms with Gasteiger partial charge in [0.25, 0.3) is 5.91 Å². The smallest absolute Gasteiger partial charge is 0.265 e. The predicted molar refractivity (Wildman–Crippen MR) is 132 cm³/mol. The molecule has 0 radical (unpaired) electrons. The normalized spacial score (nSPS) is 21.1. The van der Waals surface area contributed by atoms with Crippen molar-refractivity contribution in [3.63, 3.8) is 0 Å². The van der Waals surface area contributed by atoms with Gasteiger partial charge < -0.3 is 10.1 Å². The molecule has 1 atom stereocenters. The van der Waals surface area contributed by atoms with Crippen molar-refractivity contribution in [3.05, 3.63) is 53.6 Å². The van der Waals surface area contributed by atoms with E-state index < -0.39 is 10.0 Å². The Morgan fingerprint density at radius 3 is 2.69 bits per heavy atom. The topological polar surface area (TPSA) is 96.0 Å². The van der Waals surface area contributed by atoms with Gasteiger partial charge in [-0.2, -0.15) is 4.31 Å². The number of amides is 2. The van der Waals surface area contributed by atoms with Crippen LogP contribution in [0.3, 0.4) is 0 Å². The predicted octanol–water partition coefficient (Wildman–Crippen LogP) is 3.03. The number of fused-ring (bicyclic) bond motifs is 2. The molecule has 0 bridgehead atoms. The van der Waals surface area contributed by atoms with Gasteiger partial charge in [0.05, 0.1) is 16.6 Å². The molecule has 1 fully saturated rings. The maximum atomic E-state index is 13.3. The molecule has 2 aromatic rings. The van der Waals surface area contributed by atoms with Gasteiger partial charge in [-0.1, -0.05) is 31.2 Å². The molecule has 5 rings (SSSR count). The number of hydrogen-bond donors (Lipinski definition) is 1. The summed E-state index contributed by atoms with van der Waals surface area (Å²) in [5, 5.41) is 3.07. The van der Waals surface area contributed by atoms with E-state index in [1.807, 2.05) is 18.2 Å². The van der Waals surface area contributed by atoms with Gasteiger partial charge in [0.2, 0.25) is 15.9 Å². The van der Waals surface area contributed by atoms with E-state index in [0.29, 0.717) is 30.4 Å². The number of ether oxygens (including phenoxy) is 1. The van der Waals surface area contributed by atoms with Crippen LogP contribution in [0.5, 0.6) is 5.75 Å². The number of hydrogen-bond acceptors (Lipinski definition) is 5. The summed E-state index contributed by atoms with van der Waals surface area (Å²) >= 11 is 0. The van der Waals surface area contributed by atoms with Gasteiger partial charge in [-0.25, -0.2) is 8.42 Å². The molecule has 0 spiro atoms. The lowest BCUT2D eigenvalue weighted by Gasteiger charge is -2.32. The molecule has 8 nitrogen and oxygen atoms in total. The van der Waals surface area contributed by atoms with E-state index in [4.69, 9.17) is 4.74 Å². The van der Waals surface area contributed by atoms with Crippen LogP contribution in [0.15, 0.2) is 47.4 Å². The molecule has 2 amide bonds. The lowest BCUT2D eigenvalue weighted by Crippen LogP contribution is -2.46. The first-order valence-electron chi connectivity index (χ1n) is 12.3. The van der Waals surface area contributed by atoms with Gasteiger partial charge in [0.1, 0.15) is 12.3 Å². The molecule has 2 heterocycles. The molecular formula is C26H31N3O5S. The summed E-state index contributed by atoms with van der Waals surface area (Å²) in [7, 11) is -3.71. The highest BCUT2D eigenvalue weighted by Gasteiger charge is 2.33. The zero-order valence-electron chi connectivity index (χ0n) is 19.9. The van der Waals surface area contributed by atoms with E-state index >= 15 is 0 Å². The Hall–Kier alpha value is -2.91. The highest BCUT2D eigenvalue weighted by Crippen LogP contribution is 2.36. The molecule has 2 aromatic carbocycles. The highest BCUT2D eigenvalue weighted by atomic mass is 32.2. The number of anilines is 1. The minimum Gasteiger partial charge on any atom is -0.482 e. The van der Waals surface area contributed by atoms with Crippen molar-refractivity contribution in [3.8, 4) is 5.75 Å². The lowest BCUT2D eigenvalue weighted by molar-refractivity contribution is -0.125. The fourth-order valence-electron chi connectivity index (χ4n) is 5.18. The molecule has 0 saturated carbocycles. The number of carbonyl (C=O) groups is 2. The van der Waals surface area contributed by atoms with Gasteiger partial charge >= 0.3 is 0 Å². The van der Waals surface area contributed by atoms with E-state index in [1.54, 1.807) is 6.07 Å². The second-order valence-corrected chi connectivity index (χ2v) is 11.6. The minimum atomic E-state index is -3.71. The SMILES string of the molecule is CC1CCN(S(=O)(=O)c2ccc3c(c2)N(CC(=O)NC2CCCc4ccccc42)C(=O)CO3)CC1. The van der Waals surface area contributed by atoms with Crippen molar-refractivity contribution < 1.29 is 22.7 Å². The third-order valence-electron chi connectivity index (χ3n) is 7.26. The van der Waals surface area contributed by atoms with Gasteiger partial charge in [0.15, 0.2) is 6.61 Å². The molecule has 1 saturated heterocycles. The Bertz CT molecular complexity index is 1240. The van der Waals surface area contributed by atoms with Gasteiger partial charge in [-0.05, 0) is 67.3 Å². The maximum Gasteiger partial charge on any atom is 0.265 e. The zero-order chi connectivity index (χ0) is 24.6. The Morgan fingerprint density at radius 1 is 1.11 bits per heavy atom. The summed E-state index contributed by atoms with van der Waals surface area (Å²) in [4.78, 5) is 27.2. The Labute approximate surface area is 206 Å². The molecule has 186 valence electrons. The van der Waals surface area contributed by atoms with Gasteiger partial charge in [-0.3, -0.25) is 14.5 Å². The van der Waals surface area contributed by atoms with Crippen molar-refractivity contribution in [1.82, 2.24) is 9.62 Å². The molecule has 1 unspecified atom stereocenters. The van der Waals surface area contributed by atoms with Crippen LogP contribution in [0.4, 0.5) is 5.69 Å². The Morgan fingerprint density at radius 2 is 1.89 bits per heavy atom. The average Bonchev–Trinajstić information content (AvgIpc) is 2.86. The molecule has 35 heavy (non-hydrogen) atoms. The number of nitrogens with one attached hydrogen (secondary N) is 1. The number of rotatable bonds is 5. The summed E-state index contributed by atoms with van der Waals surface area (Å²) < 4.78 is 33.6. The number of sulfonamides is 1. The first-order chi connectivity index (χ1) is 16.8. The summed E-state index contributed by atoms with van der Waals surface area (Å²) in [6.07, 6.45) is 4.46. The Balaban J connectivity index is 1.36. The molecule has 2 aliphatic heterocycles. The lowest BCUT2D eigenvalue weighted by atomic mass is 9.88. The minimum absolute atomic E-state index is 0.101. The van der Waals surface area contributed by atoms with Gasteiger partial charge in [-0.15, -0.1) is 0 Å². The number of nitrogens with zero attached hydrogens (tertiary/aromatic N) is 2. The van der Waals surface area contributed by atoms with Crippen LogP contribution in [0.1, 0.15) is 49.8 Å². The van der Waals surface area contributed by atoms with Crippen molar-refractivity contribution in [1.29, 1.82) is 0 Å². The summed E-state index contributed by atoms with van der Waals surface area (Å²) in [5.41, 5.74) is 2.66. The van der Waals surface area contributed by atoms with Crippen LogP contribution in [0.25, 0.3) is 0 Å². The molecule has 9 heteroatoms. The van der Waals surface area contributed by atoms with Crippen molar-refractivity contribution in [2.45, 2.75) is 50.0 Å². The molecule has 0 aromatic heterocycles. The van der Waals surface area contributed by atoms with E-state index in [2.05, 4.69) is 18.3 Å². The molecule has 1 aliphatic carbocycles. The van der Waals surface area contributed by atoms with Crippen molar-refractivity contribution in [2.75, 3.05) is 31.1 Å². The van der Waals surface area contributed by atoms with E-state index in [9.17, 15) is 18.0 Å². The first-order valence-corrected chi connectivity index (χ1v) is 13.7. The van der Waals surface area contributed by atoms with Crippen LogP contribution in [0.2, 0.25) is 0 Å². The van der Waals surface area contributed by atoms with E-state index in [-0.39, 0.29) is 35.9 Å². The monoisotopic (exact) mass is 497 g/mol. The van der Waals surface area contributed by atoms with Crippen molar-refractivity contribution in [2.24, 2.45) is 5.92 Å². The zero-order valence-corrected chi connectivity index (χ0v) is 20.7. The third kappa shape index (κ3) is 4.79. The quantitative estimate of drug-likeness (QED) is 0.685. The molecule has 1 N–H and O–H groups in total. The van der Waals surface area contributed by atoms with Crippen LogP contribution in [0, 0.1) is 5.92 Å². The second kappa shape index (κ2) is 9.62. The van der Waals surface area contributed by atoms with Crippen molar-refractivity contribution >= 4 is 27.5 Å². The van der Waals surface area contributed by atoms with Crippen LogP contribution >= 0.6 is 0 Å². The average molecular weight is 498 g/mol. The fourth-order valence-corrected chi connectivity index (χ4v) is 6.67. The first kappa shape index (κ1) is 23.8. The number of piperidine rings is 1. The number of benzene rings is 2.